The van der Waals surface area contributed by atoms with Gasteiger partial charge in [0.1, 0.15) is 6.29 Å². The van der Waals surface area contributed by atoms with Crippen LogP contribution in [0.25, 0.3) is 5.57 Å². The van der Waals surface area contributed by atoms with Crippen molar-refractivity contribution in [3.8, 4) is 11.5 Å². The first-order chi connectivity index (χ1) is 11.8. The summed E-state index contributed by atoms with van der Waals surface area (Å²) in [6.45, 7) is 0. The molecule has 1 saturated carbocycles. The lowest BCUT2D eigenvalue weighted by Crippen LogP contribution is -2.11. The SMILES string of the molecule is COc1ccc(/C(=C/C=O)c2ccccc2)cc1OC1CCCC1. The molecule has 0 saturated heterocycles. The van der Waals surface area contributed by atoms with Gasteiger partial charge in [0.05, 0.1) is 13.2 Å². The van der Waals surface area contributed by atoms with Crippen LogP contribution < -0.4 is 9.47 Å². The van der Waals surface area contributed by atoms with E-state index in [1.807, 2.05) is 48.5 Å². The van der Waals surface area contributed by atoms with E-state index in [2.05, 4.69) is 0 Å². The van der Waals surface area contributed by atoms with Gasteiger partial charge in [-0.3, -0.25) is 4.79 Å². The van der Waals surface area contributed by atoms with Gasteiger partial charge in [-0.05, 0) is 60.6 Å². The van der Waals surface area contributed by atoms with E-state index >= 15 is 0 Å². The van der Waals surface area contributed by atoms with Crippen LogP contribution in [-0.2, 0) is 4.79 Å². The van der Waals surface area contributed by atoms with E-state index < -0.39 is 0 Å². The molecule has 0 amide bonds. The number of rotatable bonds is 6. The van der Waals surface area contributed by atoms with Crippen LogP contribution in [0.5, 0.6) is 11.5 Å². The standard InChI is InChI=1S/C21H22O3/c1-23-20-12-11-17(15-21(20)24-18-9-5-6-10-18)19(13-14-22)16-7-3-2-4-8-16/h2-4,7-8,11-15,18H,5-6,9-10H2,1H3/b19-13+. The highest BCUT2D eigenvalue weighted by Gasteiger charge is 2.19. The summed E-state index contributed by atoms with van der Waals surface area (Å²) in [6, 6.07) is 15.7. The molecule has 3 rings (SSSR count). The third kappa shape index (κ3) is 3.67. The lowest BCUT2D eigenvalue weighted by atomic mass is 9.97. The molecule has 0 radical (unpaired) electrons. The van der Waals surface area contributed by atoms with Crippen LogP contribution in [0.15, 0.2) is 54.6 Å². The maximum Gasteiger partial charge on any atom is 0.162 e. The van der Waals surface area contributed by atoms with Crippen LogP contribution in [-0.4, -0.2) is 19.5 Å². The third-order valence-corrected chi connectivity index (χ3v) is 4.39. The molecule has 1 aliphatic carbocycles. The number of allylic oxidation sites excluding steroid dienone is 1. The van der Waals surface area contributed by atoms with Gasteiger partial charge < -0.3 is 9.47 Å². The van der Waals surface area contributed by atoms with Gasteiger partial charge in [0, 0.05) is 0 Å². The Hall–Kier alpha value is -2.55. The van der Waals surface area contributed by atoms with E-state index in [0.29, 0.717) is 0 Å². The molecule has 0 atom stereocenters. The highest BCUT2D eigenvalue weighted by Crippen LogP contribution is 2.35. The van der Waals surface area contributed by atoms with Crippen molar-refractivity contribution in [2.75, 3.05) is 7.11 Å². The molecule has 0 unspecified atom stereocenters. The van der Waals surface area contributed by atoms with Crippen LogP contribution in [0.3, 0.4) is 0 Å². The van der Waals surface area contributed by atoms with Crippen LogP contribution >= 0.6 is 0 Å². The second kappa shape index (κ2) is 7.82. The number of carbonyl (C=O) groups excluding carboxylic acids is 1. The number of hydrogen-bond acceptors (Lipinski definition) is 3. The predicted molar refractivity (Wildman–Crippen MR) is 95.5 cm³/mol. The smallest absolute Gasteiger partial charge is 0.162 e. The van der Waals surface area contributed by atoms with E-state index in [4.69, 9.17) is 9.47 Å². The first kappa shape index (κ1) is 16.3. The number of benzene rings is 2. The average molecular weight is 322 g/mol. The Kier molecular flexibility index (Phi) is 5.32. The lowest BCUT2D eigenvalue weighted by Gasteiger charge is -2.17. The summed E-state index contributed by atoms with van der Waals surface area (Å²) < 4.78 is 11.6. The summed E-state index contributed by atoms with van der Waals surface area (Å²) in [5.74, 6) is 1.47. The summed E-state index contributed by atoms with van der Waals surface area (Å²) in [6.07, 6.45) is 7.27. The van der Waals surface area contributed by atoms with Crippen LogP contribution in [0.4, 0.5) is 0 Å². The summed E-state index contributed by atoms with van der Waals surface area (Å²) in [5, 5.41) is 0. The first-order valence-corrected chi connectivity index (χ1v) is 8.38. The van der Waals surface area contributed by atoms with Crippen molar-refractivity contribution < 1.29 is 14.3 Å². The molecule has 0 bridgehead atoms. The normalized spacial score (nSPS) is 15.3. The second-order valence-corrected chi connectivity index (χ2v) is 5.97. The van der Waals surface area contributed by atoms with Gasteiger partial charge in [-0.1, -0.05) is 36.4 Å². The molecule has 3 heteroatoms. The zero-order chi connectivity index (χ0) is 16.8. The number of aldehydes is 1. The minimum absolute atomic E-state index is 0.254. The maximum absolute atomic E-state index is 11.1. The maximum atomic E-state index is 11.1. The van der Waals surface area contributed by atoms with Crippen molar-refractivity contribution >= 4 is 11.9 Å². The summed E-state index contributed by atoms with van der Waals surface area (Å²) in [7, 11) is 1.65. The van der Waals surface area contributed by atoms with E-state index in [1.54, 1.807) is 13.2 Å². The van der Waals surface area contributed by atoms with Crippen molar-refractivity contribution in [2.24, 2.45) is 0 Å². The molecule has 0 aromatic heterocycles. The van der Waals surface area contributed by atoms with E-state index in [9.17, 15) is 4.79 Å². The first-order valence-electron chi connectivity index (χ1n) is 8.38. The fourth-order valence-electron chi connectivity index (χ4n) is 3.17. The Morgan fingerprint density at radius 2 is 1.75 bits per heavy atom. The fraction of sp³-hybridized carbons (Fsp3) is 0.286. The minimum atomic E-state index is 0.254. The largest absolute Gasteiger partial charge is 0.493 e. The summed E-state index contributed by atoms with van der Waals surface area (Å²) in [5.41, 5.74) is 2.83. The van der Waals surface area contributed by atoms with Crippen molar-refractivity contribution in [1.29, 1.82) is 0 Å². The molecular weight excluding hydrogens is 300 g/mol. The summed E-state index contributed by atoms with van der Waals surface area (Å²) >= 11 is 0. The molecule has 124 valence electrons. The average Bonchev–Trinajstić information content (AvgIpc) is 3.13. The topological polar surface area (TPSA) is 35.5 Å². The van der Waals surface area contributed by atoms with Crippen LogP contribution in [0.2, 0.25) is 0 Å². The van der Waals surface area contributed by atoms with Gasteiger partial charge >= 0.3 is 0 Å². The van der Waals surface area contributed by atoms with Gasteiger partial charge in [0.25, 0.3) is 0 Å². The molecule has 3 nitrogen and oxygen atoms in total. The molecule has 2 aromatic carbocycles. The Labute approximate surface area is 142 Å². The number of methoxy groups -OCH3 is 1. The molecule has 2 aromatic rings. The monoisotopic (exact) mass is 322 g/mol. The molecule has 0 heterocycles. The molecular formula is C21H22O3. The quantitative estimate of drug-likeness (QED) is 0.574. The number of ether oxygens (including phenoxy) is 2. The van der Waals surface area contributed by atoms with E-state index in [1.165, 1.54) is 12.8 Å². The van der Waals surface area contributed by atoms with Crippen molar-refractivity contribution in [3.63, 3.8) is 0 Å². The van der Waals surface area contributed by atoms with Gasteiger partial charge in [-0.15, -0.1) is 0 Å². The number of hydrogen-bond donors (Lipinski definition) is 0. The minimum Gasteiger partial charge on any atom is -0.493 e. The molecule has 1 aliphatic rings. The van der Waals surface area contributed by atoms with Crippen molar-refractivity contribution in [2.45, 2.75) is 31.8 Å². The van der Waals surface area contributed by atoms with Gasteiger partial charge in [0.15, 0.2) is 11.5 Å². The van der Waals surface area contributed by atoms with Crippen LogP contribution in [0.1, 0.15) is 36.8 Å². The van der Waals surface area contributed by atoms with Crippen molar-refractivity contribution in [3.05, 3.63) is 65.7 Å². The van der Waals surface area contributed by atoms with Gasteiger partial charge in [-0.2, -0.15) is 0 Å². The Morgan fingerprint density at radius 3 is 2.42 bits per heavy atom. The van der Waals surface area contributed by atoms with Crippen LogP contribution in [0, 0.1) is 0 Å². The fourth-order valence-corrected chi connectivity index (χ4v) is 3.17. The zero-order valence-corrected chi connectivity index (χ0v) is 13.9. The Balaban J connectivity index is 1.97. The van der Waals surface area contributed by atoms with Crippen molar-refractivity contribution in [1.82, 2.24) is 0 Å². The number of carbonyl (C=O) groups is 1. The van der Waals surface area contributed by atoms with E-state index in [0.717, 1.165) is 47.3 Å². The van der Waals surface area contributed by atoms with Gasteiger partial charge in [-0.25, -0.2) is 0 Å². The predicted octanol–water partition coefficient (Wildman–Crippen LogP) is 4.65. The molecule has 24 heavy (non-hydrogen) atoms. The highest BCUT2D eigenvalue weighted by molar-refractivity contribution is 5.90. The van der Waals surface area contributed by atoms with Gasteiger partial charge in [0.2, 0.25) is 0 Å². The zero-order valence-electron chi connectivity index (χ0n) is 13.9. The molecule has 0 aliphatic heterocycles. The Bertz CT molecular complexity index is 713. The molecule has 1 fully saturated rings. The highest BCUT2D eigenvalue weighted by atomic mass is 16.5. The molecule has 0 spiro atoms. The van der Waals surface area contributed by atoms with E-state index in [-0.39, 0.29) is 6.10 Å². The second-order valence-electron chi connectivity index (χ2n) is 5.97. The molecule has 0 N–H and O–H groups in total. The Morgan fingerprint density at radius 1 is 1.00 bits per heavy atom. The third-order valence-electron chi connectivity index (χ3n) is 4.39. The summed E-state index contributed by atoms with van der Waals surface area (Å²) in [4.78, 5) is 11.1. The lowest BCUT2D eigenvalue weighted by molar-refractivity contribution is -0.104.